The fourth-order valence-electron chi connectivity index (χ4n) is 2.58. The van der Waals surface area contributed by atoms with Crippen molar-refractivity contribution < 1.29 is 61.0 Å². The minimum absolute atomic E-state index is 0.248. The summed E-state index contributed by atoms with van der Waals surface area (Å²) in [6.07, 6.45) is -6.65. The number of hydrogen-bond donors (Lipinski definition) is 4. The van der Waals surface area contributed by atoms with Gasteiger partial charge in [-0.2, -0.15) is 0 Å². The first-order valence-corrected chi connectivity index (χ1v) is 13.2. The average Bonchev–Trinajstić information content (AvgIpc) is 2.83. The lowest BCUT2D eigenvalue weighted by atomic mass is 10.1. The fraction of sp³-hybridized carbons (Fsp3) is 0.692. The first-order chi connectivity index (χ1) is 14.8. The molecule has 33 heavy (non-hydrogen) atoms. The second-order valence-corrected chi connectivity index (χ2v) is 12.1. The van der Waals surface area contributed by atoms with Gasteiger partial charge in [-0.1, -0.05) is 0 Å². The maximum Gasteiger partial charge on any atom is 0.325 e. The molecule has 1 saturated heterocycles. The summed E-state index contributed by atoms with van der Waals surface area (Å²) in [4.78, 5) is 61.8. The number of aromatic nitrogens is 2. The number of aliphatic hydroxyl groups is 2. The quantitative estimate of drug-likeness (QED) is 0.237. The number of rotatable bonds is 9. The van der Waals surface area contributed by atoms with Gasteiger partial charge in [-0.25, -0.2) is 13.4 Å². The van der Waals surface area contributed by atoms with E-state index in [1.54, 1.807) is 0 Å². The minimum atomic E-state index is -6.06. The number of phosphoric ester groups is 2. The lowest BCUT2D eigenvalue weighted by molar-refractivity contribution is -0.254. The highest BCUT2D eigenvalue weighted by Crippen LogP contribution is 2.63. The van der Waals surface area contributed by atoms with Crippen molar-refractivity contribution in [2.24, 2.45) is 0 Å². The Labute approximate surface area is 185 Å². The smallest absolute Gasteiger partial charge is 0.325 e. The van der Waals surface area contributed by atoms with Crippen LogP contribution in [0.15, 0.2) is 15.7 Å². The topological polar surface area (TPSA) is 273 Å². The molecule has 190 valence electrons. The summed E-state index contributed by atoms with van der Waals surface area (Å²) in [5, 5.41) is 20.1. The van der Waals surface area contributed by atoms with Crippen molar-refractivity contribution >= 4 is 23.5 Å². The van der Waals surface area contributed by atoms with Gasteiger partial charge in [0.2, 0.25) is 0 Å². The third kappa shape index (κ3) is 8.60. The lowest BCUT2D eigenvalue weighted by Crippen LogP contribution is -2.34. The third-order valence-electron chi connectivity index (χ3n) is 3.63. The zero-order valence-corrected chi connectivity index (χ0v) is 19.8. The van der Waals surface area contributed by atoms with Crippen LogP contribution < -0.4 is 25.9 Å². The summed E-state index contributed by atoms with van der Waals surface area (Å²) >= 11 is 0. The van der Waals surface area contributed by atoms with Gasteiger partial charge in [0.25, 0.3) is 29.0 Å². The van der Waals surface area contributed by atoms with Crippen LogP contribution in [0.2, 0.25) is 0 Å². The van der Waals surface area contributed by atoms with Crippen molar-refractivity contribution in [2.75, 3.05) is 6.61 Å². The number of nitrogens with one attached hydrogen (secondary N) is 2. The van der Waals surface area contributed by atoms with E-state index >= 15 is 0 Å². The van der Waals surface area contributed by atoms with Gasteiger partial charge < -0.3 is 43.7 Å². The van der Waals surface area contributed by atoms with E-state index in [1.165, 1.54) is 20.8 Å². The summed E-state index contributed by atoms with van der Waals surface area (Å²) in [5.41, 5.74) is -3.46. The van der Waals surface area contributed by atoms with E-state index in [0.717, 1.165) is 6.07 Å². The molecule has 7 unspecified atom stereocenters. The highest BCUT2D eigenvalue weighted by molar-refractivity contribution is 7.65. The molecule has 0 saturated carbocycles. The second kappa shape index (κ2) is 9.91. The van der Waals surface area contributed by atoms with Crippen LogP contribution >= 0.6 is 23.5 Å². The van der Waals surface area contributed by atoms with Crippen molar-refractivity contribution in [1.82, 2.24) is 9.97 Å². The molecule has 2 heterocycles. The molecule has 17 nitrogen and oxygen atoms in total. The molecule has 1 aliphatic rings. The Kier molecular flexibility index (Phi) is 8.47. The minimum Gasteiger partial charge on any atom is -0.756 e. The number of ether oxygens (including phenoxy) is 1. The molecule has 0 radical (unpaired) electrons. The van der Waals surface area contributed by atoms with E-state index < -0.39 is 71.3 Å². The Morgan fingerprint density at radius 2 is 1.58 bits per heavy atom. The Balaban J connectivity index is 2.03. The summed E-state index contributed by atoms with van der Waals surface area (Å²) < 4.78 is 56.2. The van der Waals surface area contributed by atoms with Gasteiger partial charge in [0.15, 0.2) is 0 Å². The summed E-state index contributed by atoms with van der Waals surface area (Å²) in [5.74, 6) is 0. The maximum absolute atomic E-state index is 11.8. The monoisotopic (exact) mass is 537 g/mol. The fourth-order valence-corrected chi connectivity index (χ4v) is 6.25. The van der Waals surface area contributed by atoms with Crippen LogP contribution in [-0.4, -0.2) is 50.7 Å². The van der Waals surface area contributed by atoms with Crippen LogP contribution in [-0.2, 0) is 36.1 Å². The molecule has 2 rings (SSSR count). The zero-order valence-electron chi connectivity index (χ0n) is 17.1. The summed E-state index contributed by atoms with van der Waals surface area (Å²) in [7, 11) is -17.4. The molecule has 1 aromatic heterocycles. The molecule has 0 amide bonds. The van der Waals surface area contributed by atoms with E-state index in [4.69, 9.17) is 4.74 Å². The van der Waals surface area contributed by atoms with E-state index in [2.05, 4.69) is 22.7 Å². The van der Waals surface area contributed by atoms with Crippen molar-refractivity contribution in [3.05, 3.63) is 32.6 Å². The Hall–Kier alpha value is -1.03. The molecular formula is C13H20N2O15P3-3. The van der Waals surface area contributed by atoms with Gasteiger partial charge in [0.05, 0.1) is 17.9 Å². The number of hydrogen-bond acceptors (Lipinski definition) is 15. The van der Waals surface area contributed by atoms with Crippen LogP contribution in [0.25, 0.3) is 0 Å². The first-order valence-electron chi connectivity index (χ1n) is 8.85. The van der Waals surface area contributed by atoms with Crippen LogP contribution in [0, 0.1) is 0 Å². The second-order valence-electron chi connectivity index (χ2n) is 7.62. The third-order valence-corrected chi connectivity index (χ3v) is 8.07. The highest BCUT2D eigenvalue weighted by atomic mass is 31.3. The van der Waals surface area contributed by atoms with Crippen LogP contribution in [0.5, 0.6) is 0 Å². The number of phosphoric acid groups is 3. The summed E-state index contributed by atoms with van der Waals surface area (Å²) in [6.45, 7) is 2.62. The molecule has 0 aliphatic carbocycles. The predicted molar refractivity (Wildman–Crippen MR) is 99.1 cm³/mol. The standard InChI is InChI=1S/C13H23N2O15P3/c1-13(2,3)28-32(22,23)30-33(24,25)29-31(20,21)26-5-7-9(17)10(18)11(27-7)6-4-8(16)15-12(19)14-6/h4,7,9-11,17-18H,5H2,1-3H3,(H,20,21)(H,22,23)(H,24,25)(H2,14,15,16,19)/p-3. The Morgan fingerprint density at radius 1 is 1.00 bits per heavy atom. The van der Waals surface area contributed by atoms with E-state index in [0.29, 0.717) is 0 Å². The predicted octanol–water partition coefficient (Wildman–Crippen LogP) is -2.50. The molecule has 20 heteroatoms. The number of H-pyrrole nitrogens is 2. The molecule has 0 spiro atoms. The summed E-state index contributed by atoms with van der Waals surface area (Å²) in [6, 6.07) is 0.846. The Bertz CT molecular complexity index is 1080. The van der Waals surface area contributed by atoms with Crippen molar-refractivity contribution in [1.29, 1.82) is 0 Å². The number of aliphatic hydroxyl groups excluding tert-OH is 2. The van der Waals surface area contributed by atoms with Gasteiger partial charge >= 0.3 is 5.69 Å². The van der Waals surface area contributed by atoms with E-state index in [1.807, 2.05) is 4.98 Å². The van der Waals surface area contributed by atoms with Crippen LogP contribution in [0.3, 0.4) is 0 Å². The lowest BCUT2D eigenvalue weighted by Gasteiger charge is -2.36. The van der Waals surface area contributed by atoms with Gasteiger partial charge in [0, 0.05) is 6.07 Å². The zero-order chi connectivity index (χ0) is 25.4. The molecule has 0 bridgehead atoms. The highest BCUT2D eigenvalue weighted by Gasteiger charge is 2.44. The first kappa shape index (κ1) is 28.2. The van der Waals surface area contributed by atoms with Crippen molar-refractivity contribution in [3.8, 4) is 0 Å². The molecule has 1 aliphatic heterocycles. The van der Waals surface area contributed by atoms with Gasteiger partial charge in [-0.05, 0) is 20.8 Å². The van der Waals surface area contributed by atoms with Crippen LogP contribution in [0.1, 0.15) is 32.6 Å². The average molecular weight is 537 g/mol. The normalized spacial score (nSPS) is 29.2. The maximum atomic E-state index is 11.8. The van der Waals surface area contributed by atoms with Gasteiger partial charge in [-0.3, -0.25) is 23.5 Å². The van der Waals surface area contributed by atoms with Crippen LogP contribution in [0.4, 0.5) is 0 Å². The molecule has 0 aromatic carbocycles. The number of aromatic amines is 2. The van der Waals surface area contributed by atoms with E-state index in [9.17, 15) is 48.2 Å². The van der Waals surface area contributed by atoms with E-state index in [-0.39, 0.29) is 5.69 Å². The molecule has 1 aromatic rings. The van der Waals surface area contributed by atoms with Crippen molar-refractivity contribution in [3.63, 3.8) is 0 Å². The van der Waals surface area contributed by atoms with Crippen molar-refractivity contribution in [2.45, 2.75) is 50.8 Å². The SMILES string of the molecule is CC(C)(C)OP(=O)([O-])OP(=O)([O-])OP(=O)([O-])OCC1OC(c2cc(=O)[nH]c(=O)[nH]2)C(O)C1O. The molecule has 7 atom stereocenters. The van der Waals surface area contributed by atoms with Gasteiger partial charge in [-0.15, -0.1) is 0 Å². The van der Waals surface area contributed by atoms with Gasteiger partial charge in [0.1, 0.15) is 24.4 Å². The molecule has 1 fully saturated rings. The molecule has 4 N–H and O–H groups in total. The Morgan fingerprint density at radius 3 is 2.12 bits per heavy atom. The molecular weight excluding hydrogens is 517 g/mol. The largest absolute Gasteiger partial charge is 0.756 e.